The van der Waals surface area contributed by atoms with Crippen LogP contribution in [-0.2, 0) is 0 Å². The zero-order chi connectivity index (χ0) is 22.9. The Kier molecular flexibility index (Phi) is 6.01. The Morgan fingerprint density at radius 1 is 0.912 bits per heavy atom. The monoisotopic (exact) mass is 473 g/mol. The number of hydrogen-bond acceptors (Lipinski definition) is 7. The highest BCUT2D eigenvalue weighted by Gasteiger charge is 2.33. The summed E-state index contributed by atoms with van der Waals surface area (Å²) in [7, 11) is 0. The Hall–Kier alpha value is -2.84. The Bertz CT molecular complexity index is 1200. The molecule has 1 atom stereocenters. The van der Waals surface area contributed by atoms with Crippen molar-refractivity contribution in [2.24, 2.45) is 0 Å². The number of benzene rings is 2. The molecule has 2 aromatic heterocycles. The first kappa shape index (κ1) is 21.7. The molecule has 2 fully saturated rings. The molecule has 34 heavy (non-hydrogen) atoms. The highest BCUT2D eigenvalue weighted by Crippen LogP contribution is 2.35. The lowest BCUT2D eigenvalue weighted by molar-refractivity contribution is 0.193. The van der Waals surface area contributed by atoms with Gasteiger partial charge in [0.25, 0.3) is 0 Å². The highest BCUT2D eigenvalue weighted by molar-refractivity contribution is 7.22. The molecule has 1 saturated carbocycles. The molecule has 0 amide bonds. The fourth-order valence-corrected chi connectivity index (χ4v) is 6.42. The predicted octanol–water partition coefficient (Wildman–Crippen LogP) is 5.01. The number of rotatable bonds is 5. The van der Waals surface area contributed by atoms with Gasteiger partial charge >= 0.3 is 0 Å². The molecular weight excluding hydrogens is 442 g/mol. The van der Waals surface area contributed by atoms with Crippen LogP contribution in [-0.4, -0.2) is 56.3 Å². The lowest BCUT2D eigenvalue weighted by Crippen LogP contribution is -2.48. The van der Waals surface area contributed by atoms with E-state index in [4.69, 9.17) is 4.98 Å². The fraction of sp³-hybridized carbons (Fsp3) is 0.462. The van der Waals surface area contributed by atoms with Crippen LogP contribution in [0.3, 0.4) is 0 Å². The van der Waals surface area contributed by atoms with Crippen LogP contribution in [0.15, 0.2) is 48.5 Å². The number of fused-ring (bicyclic) bond motifs is 1. The maximum absolute atomic E-state index is 4.89. The molecule has 0 radical (unpaired) electrons. The molecule has 0 spiro atoms. The number of tetrazole rings is 1. The van der Waals surface area contributed by atoms with Crippen molar-refractivity contribution >= 4 is 26.7 Å². The molecule has 7 nitrogen and oxygen atoms in total. The van der Waals surface area contributed by atoms with Crippen molar-refractivity contribution in [1.29, 1.82) is 0 Å². The topological polar surface area (TPSA) is 63.0 Å². The van der Waals surface area contributed by atoms with Crippen molar-refractivity contribution in [3.8, 4) is 0 Å². The van der Waals surface area contributed by atoms with Gasteiger partial charge in [0.1, 0.15) is 0 Å². The molecule has 0 bridgehead atoms. The Balaban J connectivity index is 1.27. The van der Waals surface area contributed by atoms with Gasteiger partial charge in [-0.3, -0.25) is 4.90 Å². The van der Waals surface area contributed by atoms with Crippen molar-refractivity contribution in [3.63, 3.8) is 0 Å². The number of thiazole rings is 1. The van der Waals surface area contributed by atoms with E-state index in [0.717, 1.165) is 42.7 Å². The van der Waals surface area contributed by atoms with E-state index in [0.29, 0.717) is 6.04 Å². The number of aromatic nitrogens is 5. The fourth-order valence-electron chi connectivity index (χ4n) is 5.40. The third-order valence-corrected chi connectivity index (χ3v) is 8.41. The molecule has 1 saturated heterocycles. The quantitative estimate of drug-likeness (QED) is 0.406. The number of piperazine rings is 1. The van der Waals surface area contributed by atoms with Gasteiger partial charge in [-0.2, -0.15) is 0 Å². The van der Waals surface area contributed by atoms with E-state index in [1.54, 1.807) is 11.3 Å². The van der Waals surface area contributed by atoms with Gasteiger partial charge in [-0.1, -0.05) is 72.6 Å². The molecule has 2 aliphatic rings. The second-order valence-corrected chi connectivity index (χ2v) is 10.6. The van der Waals surface area contributed by atoms with Gasteiger partial charge < -0.3 is 4.90 Å². The van der Waals surface area contributed by atoms with Crippen LogP contribution in [0.4, 0.5) is 5.13 Å². The average molecular weight is 474 g/mol. The predicted molar refractivity (Wildman–Crippen MR) is 136 cm³/mol. The zero-order valence-corrected chi connectivity index (χ0v) is 20.5. The first-order valence-corrected chi connectivity index (χ1v) is 13.3. The summed E-state index contributed by atoms with van der Waals surface area (Å²) >= 11 is 1.79. The number of aryl methyl sites for hydroxylation is 1. The van der Waals surface area contributed by atoms with E-state index >= 15 is 0 Å². The molecule has 0 N–H and O–H groups in total. The SMILES string of the molecule is Cc1ccc([C@@H](c2nnnn2C2CCCCC2)N2CCN(c3nc4ccccc4s3)CC2)cc1. The van der Waals surface area contributed by atoms with Crippen LogP contribution < -0.4 is 4.90 Å². The van der Waals surface area contributed by atoms with Crippen LogP contribution >= 0.6 is 11.3 Å². The number of nitrogens with zero attached hydrogens (tertiary/aromatic N) is 7. The molecule has 1 aliphatic heterocycles. The molecule has 6 rings (SSSR count). The summed E-state index contributed by atoms with van der Waals surface area (Å²) in [5, 5.41) is 14.4. The van der Waals surface area contributed by atoms with Gasteiger partial charge in [0, 0.05) is 26.2 Å². The average Bonchev–Trinajstić information content (AvgIpc) is 3.54. The van der Waals surface area contributed by atoms with Gasteiger partial charge in [-0.05, 0) is 47.9 Å². The molecular formula is C26H31N7S. The standard InChI is InChI=1S/C26H31N7S/c1-19-11-13-20(14-12-19)24(25-28-29-30-33(25)21-7-3-2-4-8-21)31-15-17-32(18-16-31)26-27-22-9-5-6-10-23(22)34-26/h5-6,9-14,21,24H,2-4,7-8,15-18H2,1H3/t24-/m0/s1. The first-order valence-electron chi connectivity index (χ1n) is 12.5. The van der Waals surface area contributed by atoms with Crippen LogP contribution in [0.25, 0.3) is 10.2 Å². The summed E-state index contributed by atoms with van der Waals surface area (Å²) in [4.78, 5) is 9.87. The summed E-state index contributed by atoms with van der Waals surface area (Å²) in [5.41, 5.74) is 3.63. The van der Waals surface area contributed by atoms with Crippen LogP contribution in [0.1, 0.15) is 61.1 Å². The summed E-state index contributed by atoms with van der Waals surface area (Å²) in [5.74, 6) is 0.990. The van der Waals surface area contributed by atoms with E-state index in [1.807, 2.05) is 0 Å². The summed E-state index contributed by atoms with van der Waals surface area (Å²) in [6.45, 7) is 5.94. The van der Waals surface area contributed by atoms with Gasteiger partial charge in [0.2, 0.25) is 0 Å². The van der Waals surface area contributed by atoms with Gasteiger partial charge in [-0.25, -0.2) is 9.67 Å². The van der Waals surface area contributed by atoms with Gasteiger partial charge in [0.05, 0.1) is 22.3 Å². The van der Waals surface area contributed by atoms with E-state index in [-0.39, 0.29) is 6.04 Å². The highest BCUT2D eigenvalue weighted by atomic mass is 32.1. The minimum absolute atomic E-state index is 0.0649. The van der Waals surface area contributed by atoms with Crippen molar-refractivity contribution in [2.75, 3.05) is 31.1 Å². The smallest absolute Gasteiger partial charge is 0.186 e. The molecule has 8 heteroatoms. The van der Waals surface area contributed by atoms with E-state index in [9.17, 15) is 0 Å². The molecule has 0 unspecified atom stereocenters. The third-order valence-electron chi connectivity index (χ3n) is 7.31. The Morgan fingerprint density at radius 2 is 1.68 bits per heavy atom. The molecule has 3 heterocycles. The largest absolute Gasteiger partial charge is 0.345 e. The minimum atomic E-state index is 0.0649. The molecule has 1 aliphatic carbocycles. The van der Waals surface area contributed by atoms with E-state index in [2.05, 4.69) is 85.5 Å². The maximum atomic E-state index is 4.89. The van der Waals surface area contributed by atoms with Crippen molar-refractivity contribution in [2.45, 2.75) is 51.1 Å². The van der Waals surface area contributed by atoms with Gasteiger partial charge in [0.15, 0.2) is 11.0 Å². The Labute approximate surface area is 204 Å². The van der Waals surface area contributed by atoms with Crippen molar-refractivity contribution in [1.82, 2.24) is 30.1 Å². The minimum Gasteiger partial charge on any atom is -0.345 e. The number of hydrogen-bond donors (Lipinski definition) is 0. The maximum Gasteiger partial charge on any atom is 0.186 e. The lowest BCUT2D eigenvalue weighted by Gasteiger charge is -2.39. The lowest BCUT2D eigenvalue weighted by atomic mass is 9.95. The zero-order valence-electron chi connectivity index (χ0n) is 19.7. The van der Waals surface area contributed by atoms with Crippen LogP contribution in [0.2, 0.25) is 0 Å². The summed E-state index contributed by atoms with van der Waals surface area (Å²) in [6, 6.07) is 17.8. The number of anilines is 1. The first-order chi connectivity index (χ1) is 16.8. The normalized spacial score (nSPS) is 19.0. The number of para-hydroxylation sites is 1. The van der Waals surface area contributed by atoms with Gasteiger partial charge in [-0.15, -0.1) is 5.10 Å². The Morgan fingerprint density at radius 3 is 2.44 bits per heavy atom. The summed E-state index contributed by atoms with van der Waals surface area (Å²) in [6.07, 6.45) is 6.19. The van der Waals surface area contributed by atoms with E-state index in [1.165, 1.54) is 47.9 Å². The van der Waals surface area contributed by atoms with Crippen LogP contribution in [0, 0.1) is 6.92 Å². The molecule has 4 aromatic rings. The second-order valence-electron chi connectivity index (χ2n) is 9.57. The third kappa shape index (κ3) is 4.20. The molecule has 2 aromatic carbocycles. The summed E-state index contributed by atoms with van der Waals surface area (Å²) < 4.78 is 3.40. The second kappa shape index (κ2) is 9.43. The van der Waals surface area contributed by atoms with Crippen molar-refractivity contribution < 1.29 is 0 Å². The molecule has 176 valence electrons. The van der Waals surface area contributed by atoms with Crippen molar-refractivity contribution in [3.05, 3.63) is 65.5 Å². The van der Waals surface area contributed by atoms with Crippen LogP contribution in [0.5, 0.6) is 0 Å². The van der Waals surface area contributed by atoms with E-state index < -0.39 is 0 Å².